The Morgan fingerprint density at radius 1 is 1.25 bits per heavy atom. The molecule has 1 atom stereocenters. The van der Waals surface area contributed by atoms with E-state index in [1.54, 1.807) is 13.1 Å². The maximum absolute atomic E-state index is 13.9. The van der Waals surface area contributed by atoms with E-state index in [4.69, 9.17) is 0 Å². The number of rotatable bonds is 4. The molecule has 8 heteroatoms. The molecule has 3 heterocycles. The molecule has 148 valence electrons. The molecule has 0 saturated carbocycles. The molecular weight excluding hydrogens is 379 g/mol. The van der Waals surface area contributed by atoms with Gasteiger partial charge in [0.05, 0.1) is 4.90 Å². The second-order valence-corrected chi connectivity index (χ2v) is 9.34. The van der Waals surface area contributed by atoms with Crippen LogP contribution in [0, 0.1) is 25.6 Å². The predicted octanol–water partition coefficient (Wildman–Crippen LogP) is 3.29. The molecule has 1 saturated heterocycles. The number of aromatic nitrogens is 3. The summed E-state index contributed by atoms with van der Waals surface area (Å²) in [5.74, 6) is 0.521. The number of imidazole rings is 1. The highest BCUT2D eigenvalue weighted by Gasteiger charge is 2.31. The first kappa shape index (κ1) is 19.0. The van der Waals surface area contributed by atoms with Gasteiger partial charge in [0.1, 0.15) is 17.2 Å². The molecule has 4 rings (SSSR count). The molecule has 6 nitrogen and oxygen atoms in total. The molecule has 1 fully saturated rings. The van der Waals surface area contributed by atoms with Gasteiger partial charge in [-0.05, 0) is 62.4 Å². The van der Waals surface area contributed by atoms with Crippen LogP contribution in [0.2, 0.25) is 0 Å². The van der Waals surface area contributed by atoms with E-state index in [0.29, 0.717) is 25.2 Å². The molecule has 1 aliphatic rings. The summed E-state index contributed by atoms with van der Waals surface area (Å²) in [6.45, 7) is 5.08. The second-order valence-electron chi connectivity index (χ2n) is 7.40. The van der Waals surface area contributed by atoms with E-state index in [1.807, 2.05) is 19.1 Å². The van der Waals surface area contributed by atoms with Crippen molar-refractivity contribution in [3.63, 3.8) is 0 Å². The lowest BCUT2D eigenvalue weighted by Crippen LogP contribution is -2.41. The Labute approximate surface area is 164 Å². The predicted molar refractivity (Wildman–Crippen MR) is 105 cm³/mol. The number of hydrogen-bond donors (Lipinski definition) is 0. The van der Waals surface area contributed by atoms with E-state index < -0.39 is 15.8 Å². The van der Waals surface area contributed by atoms with Gasteiger partial charge in [-0.3, -0.25) is 0 Å². The van der Waals surface area contributed by atoms with Crippen LogP contribution in [0.25, 0.3) is 11.2 Å². The quantitative estimate of drug-likeness (QED) is 0.672. The van der Waals surface area contributed by atoms with Crippen molar-refractivity contribution >= 4 is 21.2 Å². The summed E-state index contributed by atoms with van der Waals surface area (Å²) in [5.41, 5.74) is 2.10. The average Bonchev–Trinajstić information content (AvgIpc) is 2.99. The zero-order chi connectivity index (χ0) is 19.9. The molecule has 0 aliphatic carbocycles. The Morgan fingerprint density at radius 2 is 2.07 bits per heavy atom. The normalized spacial score (nSPS) is 18.6. The van der Waals surface area contributed by atoms with E-state index in [0.717, 1.165) is 35.9 Å². The highest BCUT2D eigenvalue weighted by Crippen LogP contribution is 2.27. The minimum absolute atomic E-state index is 0.0159. The van der Waals surface area contributed by atoms with Gasteiger partial charge >= 0.3 is 0 Å². The molecule has 2 aromatic heterocycles. The summed E-state index contributed by atoms with van der Waals surface area (Å²) in [6, 6.07) is 7.89. The van der Waals surface area contributed by atoms with E-state index in [1.165, 1.54) is 16.4 Å². The molecule has 1 aliphatic heterocycles. The number of sulfonamides is 1. The van der Waals surface area contributed by atoms with Gasteiger partial charge in [0, 0.05) is 25.8 Å². The van der Waals surface area contributed by atoms with Crippen LogP contribution in [0.15, 0.2) is 41.4 Å². The van der Waals surface area contributed by atoms with Crippen molar-refractivity contribution in [2.75, 3.05) is 13.1 Å². The van der Waals surface area contributed by atoms with Gasteiger partial charge in [-0.1, -0.05) is 6.07 Å². The number of fused-ring (bicyclic) bond motifs is 1. The highest BCUT2D eigenvalue weighted by molar-refractivity contribution is 7.89. The zero-order valence-corrected chi connectivity index (χ0v) is 16.8. The number of piperidine rings is 1. The van der Waals surface area contributed by atoms with Crippen LogP contribution in [0.1, 0.15) is 24.2 Å². The van der Waals surface area contributed by atoms with Gasteiger partial charge in [-0.25, -0.2) is 22.8 Å². The van der Waals surface area contributed by atoms with Crippen LogP contribution in [0.4, 0.5) is 4.39 Å². The zero-order valence-electron chi connectivity index (χ0n) is 16.0. The van der Waals surface area contributed by atoms with Gasteiger partial charge in [0.15, 0.2) is 5.65 Å². The lowest BCUT2D eigenvalue weighted by atomic mass is 9.99. The molecule has 28 heavy (non-hydrogen) atoms. The summed E-state index contributed by atoms with van der Waals surface area (Å²) in [6.07, 6.45) is 3.45. The summed E-state index contributed by atoms with van der Waals surface area (Å²) in [5, 5.41) is 0. The van der Waals surface area contributed by atoms with Crippen LogP contribution in [-0.4, -0.2) is 40.3 Å². The van der Waals surface area contributed by atoms with Gasteiger partial charge in [-0.15, -0.1) is 0 Å². The minimum Gasteiger partial charge on any atom is -0.313 e. The minimum atomic E-state index is -3.71. The number of hydrogen-bond acceptors (Lipinski definition) is 4. The van der Waals surface area contributed by atoms with Crippen LogP contribution < -0.4 is 0 Å². The lowest BCUT2D eigenvalue weighted by Gasteiger charge is -2.32. The largest absolute Gasteiger partial charge is 0.313 e. The summed E-state index contributed by atoms with van der Waals surface area (Å²) in [7, 11) is -3.71. The molecule has 1 aromatic carbocycles. The molecule has 0 radical (unpaired) electrons. The summed E-state index contributed by atoms with van der Waals surface area (Å²) in [4.78, 5) is 8.98. The first-order valence-corrected chi connectivity index (χ1v) is 10.8. The molecule has 0 amide bonds. The second kappa shape index (κ2) is 7.25. The molecule has 0 spiro atoms. The smallest absolute Gasteiger partial charge is 0.243 e. The topological polar surface area (TPSA) is 68.1 Å². The number of nitrogens with zero attached hydrogens (tertiary/aromatic N) is 4. The van der Waals surface area contributed by atoms with Crippen LogP contribution >= 0.6 is 0 Å². The number of pyridine rings is 1. The van der Waals surface area contributed by atoms with E-state index in [9.17, 15) is 12.8 Å². The van der Waals surface area contributed by atoms with E-state index >= 15 is 0 Å². The molecular formula is C20H23FN4O2S. The van der Waals surface area contributed by atoms with Gasteiger partial charge in [0.25, 0.3) is 0 Å². The molecule has 0 N–H and O–H groups in total. The standard InChI is InChI=1S/C20H23FN4O2S/c1-14-7-8-17(11-18(14)21)28(26,27)24-10-4-5-16(12-24)13-25-15(2)23-19-6-3-9-22-20(19)25/h3,6-9,11,16H,4-5,10,12-13H2,1-2H3. The molecule has 1 unspecified atom stereocenters. The SMILES string of the molecule is Cc1ccc(S(=O)(=O)N2CCCC(Cn3c(C)nc4cccnc43)C2)cc1F. The first-order valence-electron chi connectivity index (χ1n) is 9.40. The number of aryl methyl sites for hydroxylation is 2. The van der Waals surface area contributed by atoms with Crippen molar-refractivity contribution in [3.05, 3.63) is 53.7 Å². The van der Waals surface area contributed by atoms with E-state index in [-0.39, 0.29) is 10.8 Å². The van der Waals surface area contributed by atoms with Gasteiger partial charge < -0.3 is 4.57 Å². The fourth-order valence-electron chi connectivity index (χ4n) is 3.83. The van der Waals surface area contributed by atoms with Crippen molar-refractivity contribution in [3.8, 4) is 0 Å². The fourth-order valence-corrected chi connectivity index (χ4v) is 5.39. The van der Waals surface area contributed by atoms with Crippen LogP contribution in [0.5, 0.6) is 0 Å². The Morgan fingerprint density at radius 3 is 2.86 bits per heavy atom. The highest BCUT2D eigenvalue weighted by atomic mass is 32.2. The Balaban J connectivity index is 1.57. The maximum Gasteiger partial charge on any atom is 0.243 e. The van der Waals surface area contributed by atoms with Crippen molar-refractivity contribution < 1.29 is 12.8 Å². The maximum atomic E-state index is 13.9. The summed E-state index contributed by atoms with van der Waals surface area (Å²) < 4.78 is 43.4. The molecule has 3 aromatic rings. The monoisotopic (exact) mass is 402 g/mol. The van der Waals surface area contributed by atoms with Crippen LogP contribution in [-0.2, 0) is 16.6 Å². The fraction of sp³-hybridized carbons (Fsp3) is 0.400. The third-order valence-electron chi connectivity index (χ3n) is 5.40. The van der Waals surface area contributed by atoms with Gasteiger partial charge in [0.2, 0.25) is 10.0 Å². The van der Waals surface area contributed by atoms with Gasteiger partial charge in [-0.2, -0.15) is 4.31 Å². The number of halogens is 1. The van der Waals surface area contributed by atoms with Crippen molar-refractivity contribution in [2.45, 2.75) is 38.1 Å². The Kier molecular flexibility index (Phi) is 4.93. The summed E-state index contributed by atoms with van der Waals surface area (Å²) >= 11 is 0. The lowest BCUT2D eigenvalue weighted by molar-refractivity contribution is 0.245. The third kappa shape index (κ3) is 3.42. The molecule has 0 bridgehead atoms. The first-order chi connectivity index (χ1) is 13.4. The van der Waals surface area contributed by atoms with E-state index in [2.05, 4.69) is 14.5 Å². The third-order valence-corrected chi connectivity index (χ3v) is 7.26. The van der Waals surface area contributed by atoms with Crippen molar-refractivity contribution in [1.29, 1.82) is 0 Å². The van der Waals surface area contributed by atoms with Crippen LogP contribution in [0.3, 0.4) is 0 Å². The Hall–Kier alpha value is -2.32. The number of benzene rings is 1. The van der Waals surface area contributed by atoms with Crippen molar-refractivity contribution in [2.24, 2.45) is 5.92 Å². The Bertz CT molecular complexity index is 1130. The van der Waals surface area contributed by atoms with Crippen molar-refractivity contribution in [1.82, 2.24) is 18.8 Å². The average molecular weight is 402 g/mol.